The minimum Gasteiger partial charge on any atom is -0.296 e. The van der Waals surface area contributed by atoms with E-state index in [1.165, 1.54) is 44.9 Å². The minimum atomic E-state index is -1.94. The summed E-state index contributed by atoms with van der Waals surface area (Å²) in [6, 6.07) is 0. The highest BCUT2D eigenvalue weighted by molar-refractivity contribution is 7.84. The van der Waals surface area contributed by atoms with Crippen LogP contribution in [-0.4, -0.2) is 8.76 Å². The standard InChI is InChI=1S/C12H22O2S/c1-2-3-4-5-6-7-8-9-10-11-12-15(13)14/h2-10H2,1H3,(H,13,14). The summed E-state index contributed by atoms with van der Waals surface area (Å²) in [5, 5.41) is 2.24. The summed E-state index contributed by atoms with van der Waals surface area (Å²) >= 11 is -1.94. The van der Waals surface area contributed by atoms with Crippen LogP contribution in [0.1, 0.15) is 64.7 Å². The molecule has 0 aliphatic carbocycles. The first-order valence-corrected chi connectivity index (χ1v) is 6.97. The molecule has 0 rings (SSSR count). The van der Waals surface area contributed by atoms with Crippen LogP contribution in [-0.2, 0) is 11.1 Å². The first-order valence-electron chi connectivity index (χ1n) is 5.86. The van der Waals surface area contributed by atoms with E-state index in [1.807, 2.05) is 0 Å². The molecule has 1 unspecified atom stereocenters. The number of rotatable bonds is 8. The predicted molar refractivity (Wildman–Crippen MR) is 65.8 cm³/mol. The summed E-state index contributed by atoms with van der Waals surface area (Å²) in [7, 11) is 0. The average Bonchev–Trinajstić information content (AvgIpc) is 2.20. The molecule has 0 aromatic heterocycles. The molecule has 0 radical (unpaired) electrons. The SMILES string of the molecule is CCCCCCCCCCC#CS(=O)O. The maximum Gasteiger partial charge on any atom is 0.233 e. The fraction of sp³-hybridized carbons (Fsp3) is 0.833. The van der Waals surface area contributed by atoms with Crippen LogP contribution in [0.25, 0.3) is 0 Å². The van der Waals surface area contributed by atoms with Crippen molar-refractivity contribution in [2.75, 3.05) is 0 Å². The number of hydrogen-bond acceptors (Lipinski definition) is 1. The minimum absolute atomic E-state index is 0.751. The second kappa shape index (κ2) is 11.7. The van der Waals surface area contributed by atoms with Crippen molar-refractivity contribution in [3.63, 3.8) is 0 Å². The summed E-state index contributed by atoms with van der Waals surface area (Å²) in [5.41, 5.74) is 0. The summed E-state index contributed by atoms with van der Waals surface area (Å²) in [5.74, 6) is 2.70. The summed E-state index contributed by atoms with van der Waals surface area (Å²) in [4.78, 5) is 0. The molecule has 15 heavy (non-hydrogen) atoms. The molecule has 0 aromatic carbocycles. The Hall–Kier alpha value is -0.330. The van der Waals surface area contributed by atoms with E-state index in [9.17, 15) is 4.21 Å². The van der Waals surface area contributed by atoms with Crippen LogP contribution in [0.2, 0.25) is 0 Å². The Balaban J connectivity index is 3.06. The van der Waals surface area contributed by atoms with E-state index in [0.29, 0.717) is 0 Å². The van der Waals surface area contributed by atoms with E-state index < -0.39 is 11.1 Å². The van der Waals surface area contributed by atoms with E-state index in [1.54, 1.807) is 0 Å². The van der Waals surface area contributed by atoms with E-state index in [-0.39, 0.29) is 0 Å². The smallest absolute Gasteiger partial charge is 0.233 e. The fourth-order valence-electron chi connectivity index (χ4n) is 1.46. The molecule has 0 saturated heterocycles. The van der Waals surface area contributed by atoms with Gasteiger partial charge in [0.15, 0.2) is 0 Å². The predicted octanol–water partition coefficient (Wildman–Crippen LogP) is 3.70. The second-order valence-corrected chi connectivity index (χ2v) is 4.46. The van der Waals surface area contributed by atoms with Gasteiger partial charge in [0.2, 0.25) is 11.1 Å². The van der Waals surface area contributed by atoms with Gasteiger partial charge in [-0.05, 0) is 6.42 Å². The molecule has 0 saturated carbocycles. The van der Waals surface area contributed by atoms with Crippen LogP contribution >= 0.6 is 0 Å². The van der Waals surface area contributed by atoms with E-state index in [4.69, 9.17) is 4.55 Å². The van der Waals surface area contributed by atoms with Crippen LogP contribution in [0.3, 0.4) is 0 Å². The van der Waals surface area contributed by atoms with E-state index in [0.717, 1.165) is 12.8 Å². The maximum absolute atomic E-state index is 10.2. The monoisotopic (exact) mass is 230 g/mol. The van der Waals surface area contributed by atoms with Gasteiger partial charge in [-0.2, -0.15) is 0 Å². The van der Waals surface area contributed by atoms with Gasteiger partial charge in [0.25, 0.3) is 0 Å². The molecule has 1 N–H and O–H groups in total. The van der Waals surface area contributed by atoms with Gasteiger partial charge < -0.3 is 0 Å². The molecule has 3 heteroatoms. The van der Waals surface area contributed by atoms with Gasteiger partial charge in [-0.3, -0.25) is 4.55 Å². The lowest BCUT2D eigenvalue weighted by Gasteiger charge is -1.98. The Morgan fingerprint density at radius 2 is 1.53 bits per heavy atom. The van der Waals surface area contributed by atoms with Crippen molar-refractivity contribution in [2.24, 2.45) is 0 Å². The largest absolute Gasteiger partial charge is 0.296 e. The molecule has 0 heterocycles. The summed E-state index contributed by atoms with van der Waals surface area (Å²) in [6.45, 7) is 2.23. The highest BCUT2D eigenvalue weighted by Gasteiger charge is 1.90. The Labute approximate surface area is 96.1 Å². The maximum atomic E-state index is 10.2. The molecule has 0 fully saturated rings. The third-order valence-electron chi connectivity index (χ3n) is 2.31. The van der Waals surface area contributed by atoms with Gasteiger partial charge in [0, 0.05) is 11.7 Å². The van der Waals surface area contributed by atoms with Crippen LogP contribution in [0.5, 0.6) is 0 Å². The van der Waals surface area contributed by atoms with Gasteiger partial charge in [0.05, 0.1) is 0 Å². The fourth-order valence-corrected chi connectivity index (χ4v) is 1.69. The molecule has 0 bridgehead atoms. The normalized spacial score (nSPS) is 11.9. The van der Waals surface area contributed by atoms with Crippen molar-refractivity contribution in [1.82, 2.24) is 0 Å². The first kappa shape index (κ1) is 14.7. The zero-order valence-electron chi connectivity index (χ0n) is 9.63. The summed E-state index contributed by atoms with van der Waals surface area (Å²) < 4.78 is 18.5. The molecule has 88 valence electrons. The topological polar surface area (TPSA) is 37.3 Å². The van der Waals surface area contributed by atoms with Gasteiger partial charge in [0.1, 0.15) is 0 Å². The molecule has 0 aromatic rings. The zero-order valence-corrected chi connectivity index (χ0v) is 10.4. The van der Waals surface area contributed by atoms with Crippen molar-refractivity contribution in [2.45, 2.75) is 64.7 Å². The van der Waals surface area contributed by atoms with Crippen molar-refractivity contribution in [1.29, 1.82) is 0 Å². The summed E-state index contributed by atoms with van der Waals surface area (Å²) in [6.07, 6.45) is 11.0. The van der Waals surface area contributed by atoms with Crippen molar-refractivity contribution in [3.8, 4) is 11.2 Å². The van der Waals surface area contributed by atoms with Crippen LogP contribution in [0.15, 0.2) is 0 Å². The first-order chi connectivity index (χ1) is 7.27. The molecular formula is C12H22O2S. The highest BCUT2D eigenvalue weighted by atomic mass is 32.2. The van der Waals surface area contributed by atoms with E-state index in [2.05, 4.69) is 18.1 Å². The molecule has 0 aliphatic rings. The molecule has 0 spiro atoms. The van der Waals surface area contributed by atoms with Crippen molar-refractivity contribution >= 4 is 11.1 Å². The molecule has 1 atom stereocenters. The van der Waals surface area contributed by atoms with Gasteiger partial charge in [-0.25, -0.2) is 4.21 Å². The molecular weight excluding hydrogens is 208 g/mol. The van der Waals surface area contributed by atoms with E-state index >= 15 is 0 Å². The van der Waals surface area contributed by atoms with Gasteiger partial charge >= 0.3 is 0 Å². The van der Waals surface area contributed by atoms with Crippen LogP contribution in [0, 0.1) is 11.2 Å². The Morgan fingerprint density at radius 1 is 1.00 bits per heavy atom. The van der Waals surface area contributed by atoms with Crippen LogP contribution < -0.4 is 0 Å². The highest BCUT2D eigenvalue weighted by Crippen LogP contribution is 2.08. The number of hydrogen-bond donors (Lipinski definition) is 1. The second-order valence-electron chi connectivity index (χ2n) is 3.75. The molecule has 0 aliphatic heterocycles. The Morgan fingerprint density at radius 3 is 2.07 bits per heavy atom. The molecule has 2 nitrogen and oxygen atoms in total. The third-order valence-corrected chi connectivity index (χ3v) is 2.63. The van der Waals surface area contributed by atoms with Crippen molar-refractivity contribution < 1.29 is 8.76 Å². The molecule has 0 amide bonds. The van der Waals surface area contributed by atoms with Crippen molar-refractivity contribution in [3.05, 3.63) is 0 Å². The Bertz CT molecular complexity index is 215. The zero-order chi connectivity index (χ0) is 11.4. The Kier molecular flexibility index (Phi) is 11.5. The number of unbranched alkanes of at least 4 members (excludes halogenated alkanes) is 8. The lowest BCUT2D eigenvalue weighted by molar-refractivity contribution is 0.575. The quantitative estimate of drug-likeness (QED) is 0.392. The average molecular weight is 230 g/mol. The lowest BCUT2D eigenvalue weighted by Crippen LogP contribution is -1.81. The third kappa shape index (κ3) is 13.7. The lowest BCUT2D eigenvalue weighted by atomic mass is 10.1. The van der Waals surface area contributed by atoms with Gasteiger partial charge in [-0.15, -0.1) is 0 Å². The van der Waals surface area contributed by atoms with Crippen LogP contribution in [0.4, 0.5) is 0 Å². The van der Waals surface area contributed by atoms with Gasteiger partial charge in [-0.1, -0.05) is 57.8 Å².